The zero-order valence-corrected chi connectivity index (χ0v) is 12.9. The number of halogens is 1. The van der Waals surface area contributed by atoms with Crippen molar-refractivity contribution in [1.29, 1.82) is 0 Å². The summed E-state index contributed by atoms with van der Waals surface area (Å²) in [4.78, 5) is 0. The molecule has 1 aromatic carbocycles. The summed E-state index contributed by atoms with van der Waals surface area (Å²) in [6, 6.07) is 6.19. The van der Waals surface area contributed by atoms with Gasteiger partial charge in [-0.15, -0.1) is 0 Å². The molecule has 0 fully saturated rings. The van der Waals surface area contributed by atoms with Crippen LogP contribution in [0.15, 0.2) is 18.2 Å². The number of ether oxygens (including phenoxy) is 1. The second-order valence-corrected chi connectivity index (χ2v) is 5.48. The van der Waals surface area contributed by atoms with Crippen molar-refractivity contribution in [1.82, 2.24) is 0 Å². The molecular formula is C16H26ClNO. The number of hydrogen-bond donors (Lipinski definition) is 1. The maximum absolute atomic E-state index is 6.06. The summed E-state index contributed by atoms with van der Waals surface area (Å²) in [6.07, 6.45) is 6.41. The van der Waals surface area contributed by atoms with Crippen LogP contribution in [0.3, 0.4) is 0 Å². The Kier molecular flexibility index (Phi) is 7.92. The van der Waals surface area contributed by atoms with Crippen molar-refractivity contribution in [3.8, 4) is 5.75 Å². The maximum Gasteiger partial charge on any atom is 0.122 e. The van der Waals surface area contributed by atoms with Crippen molar-refractivity contribution in [2.45, 2.75) is 58.4 Å². The Bertz CT molecular complexity index is 368. The minimum atomic E-state index is 0.323. The first-order valence-corrected chi connectivity index (χ1v) is 7.72. The number of hydrogen-bond acceptors (Lipinski definition) is 2. The average Bonchev–Trinajstić information content (AvgIpc) is 2.38. The Morgan fingerprint density at radius 3 is 2.68 bits per heavy atom. The first-order chi connectivity index (χ1) is 9.17. The first-order valence-electron chi connectivity index (χ1n) is 7.34. The van der Waals surface area contributed by atoms with Crippen molar-refractivity contribution in [2.75, 3.05) is 6.61 Å². The molecule has 19 heavy (non-hydrogen) atoms. The van der Waals surface area contributed by atoms with Gasteiger partial charge >= 0.3 is 0 Å². The van der Waals surface area contributed by atoms with Crippen LogP contribution < -0.4 is 10.5 Å². The van der Waals surface area contributed by atoms with Crippen molar-refractivity contribution in [2.24, 2.45) is 5.73 Å². The standard InChI is InChI=1S/C16H26ClNO/c1-3-6-15(18)8-5-7-13-12-14(17)9-10-16(13)19-11-4-2/h9-10,12,15H,3-8,11,18H2,1-2H3. The fraction of sp³-hybridized carbons (Fsp3) is 0.625. The molecule has 1 rings (SSSR count). The predicted molar refractivity (Wildman–Crippen MR) is 83.1 cm³/mol. The zero-order chi connectivity index (χ0) is 14.1. The van der Waals surface area contributed by atoms with Crippen LogP contribution in [0.5, 0.6) is 5.75 Å². The maximum atomic E-state index is 6.06. The molecule has 108 valence electrons. The van der Waals surface area contributed by atoms with Crippen LogP contribution in [0.4, 0.5) is 0 Å². The third-order valence-corrected chi connectivity index (χ3v) is 3.40. The minimum Gasteiger partial charge on any atom is -0.493 e. The second kappa shape index (κ2) is 9.22. The van der Waals surface area contributed by atoms with E-state index in [-0.39, 0.29) is 0 Å². The molecule has 0 saturated carbocycles. The van der Waals surface area contributed by atoms with Gasteiger partial charge in [-0.25, -0.2) is 0 Å². The Labute approximate surface area is 122 Å². The number of aryl methyl sites for hydroxylation is 1. The van der Waals surface area contributed by atoms with Gasteiger partial charge in [-0.05, 0) is 55.9 Å². The molecule has 0 bridgehead atoms. The van der Waals surface area contributed by atoms with E-state index in [1.807, 2.05) is 18.2 Å². The number of rotatable bonds is 9. The van der Waals surface area contributed by atoms with Gasteiger partial charge in [-0.1, -0.05) is 31.9 Å². The van der Waals surface area contributed by atoms with E-state index < -0.39 is 0 Å². The van der Waals surface area contributed by atoms with Gasteiger partial charge < -0.3 is 10.5 Å². The molecule has 2 N–H and O–H groups in total. The fourth-order valence-electron chi connectivity index (χ4n) is 2.17. The Balaban J connectivity index is 2.52. The number of nitrogens with two attached hydrogens (primary N) is 1. The van der Waals surface area contributed by atoms with Crippen LogP contribution >= 0.6 is 11.6 Å². The zero-order valence-electron chi connectivity index (χ0n) is 12.1. The highest BCUT2D eigenvalue weighted by molar-refractivity contribution is 6.30. The van der Waals surface area contributed by atoms with Crippen LogP contribution in [0, 0.1) is 0 Å². The molecule has 3 heteroatoms. The molecule has 0 aliphatic rings. The molecule has 0 heterocycles. The van der Waals surface area contributed by atoms with E-state index in [0.717, 1.165) is 55.9 Å². The van der Waals surface area contributed by atoms with Gasteiger partial charge in [-0.2, -0.15) is 0 Å². The third kappa shape index (κ3) is 6.31. The van der Waals surface area contributed by atoms with Crippen LogP contribution in [0.1, 0.15) is 51.5 Å². The van der Waals surface area contributed by atoms with Gasteiger partial charge in [0.15, 0.2) is 0 Å². The molecule has 0 aliphatic heterocycles. The van der Waals surface area contributed by atoms with Gasteiger partial charge in [0.05, 0.1) is 6.61 Å². The molecule has 0 radical (unpaired) electrons. The summed E-state index contributed by atoms with van der Waals surface area (Å²) in [5.74, 6) is 0.968. The number of benzene rings is 1. The van der Waals surface area contributed by atoms with E-state index in [0.29, 0.717) is 6.04 Å². The van der Waals surface area contributed by atoms with E-state index in [1.165, 1.54) is 5.56 Å². The lowest BCUT2D eigenvalue weighted by Crippen LogP contribution is -2.19. The molecule has 0 amide bonds. The highest BCUT2D eigenvalue weighted by Crippen LogP contribution is 2.25. The lowest BCUT2D eigenvalue weighted by atomic mass is 10.0. The Hall–Kier alpha value is -0.730. The van der Waals surface area contributed by atoms with Crippen LogP contribution in [0.25, 0.3) is 0 Å². The van der Waals surface area contributed by atoms with Crippen LogP contribution in [-0.2, 0) is 6.42 Å². The highest BCUT2D eigenvalue weighted by Gasteiger charge is 2.07. The van der Waals surface area contributed by atoms with E-state index in [1.54, 1.807) is 0 Å². The monoisotopic (exact) mass is 283 g/mol. The topological polar surface area (TPSA) is 35.2 Å². The van der Waals surface area contributed by atoms with Crippen molar-refractivity contribution in [3.05, 3.63) is 28.8 Å². The second-order valence-electron chi connectivity index (χ2n) is 5.04. The van der Waals surface area contributed by atoms with E-state index in [4.69, 9.17) is 22.1 Å². The lowest BCUT2D eigenvalue weighted by molar-refractivity contribution is 0.313. The Morgan fingerprint density at radius 2 is 2.00 bits per heavy atom. The molecule has 0 aliphatic carbocycles. The predicted octanol–water partition coefficient (Wildman–Crippen LogP) is 4.58. The van der Waals surface area contributed by atoms with Crippen molar-refractivity contribution in [3.63, 3.8) is 0 Å². The average molecular weight is 284 g/mol. The van der Waals surface area contributed by atoms with Gasteiger partial charge in [0.25, 0.3) is 0 Å². The quantitative estimate of drug-likeness (QED) is 0.720. The largest absolute Gasteiger partial charge is 0.493 e. The van der Waals surface area contributed by atoms with E-state index >= 15 is 0 Å². The molecule has 1 atom stereocenters. The van der Waals surface area contributed by atoms with Gasteiger partial charge in [0.2, 0.25) is 0 Å². The van der Waals surface area contributed by atoms with Gasteiger partial charge in [-0.3, -0.25) is 0 Å². The normalized spacial score (nSPS) is 12.4. The summed E-state index contributed by atoms with van der Waals surface area (Å²) in [5, 5.41) is 0.775. The van der Waals surface area contributed by atoms with E-state index in [9.17, 15) is 0 Å². The van der Waals surface area contributed by atoms with Crippen LogP contribution in [-0.4, -0.2) is 12.6 Å². The highest BCUT2D eigenvalue weighted by atomic mass is 35.5. The first kappa shape index (κ1) is 16.3. The molecule has 0 aromatic heterocycles. The summed E-state index contributed by atoms with van der Waals surface area (Å²) in [5.41, 5.74) is 7.24. The summed E-state index contributed by atoms with van der Waals surface area (Å²) < 4.78 is 5.76. The molecule has 0 spiro atoms. The van der Waals surface area contributed by atoms with Crippen LogP contribution in [0.2, 0.25) is 5.02 Å². The van der Waals surface area contributed by atoms with Crippen molar-refractivity contribution >= 4 is 11.6 Å². The molecule has 1 aromatic rings. The molecule has 0 saturated heterocycles. The fourth-order valence-corrected chi connectivity index (χ4v) is 2.36. The SMILES string of the molecule is CCCOc1ccc(Cl)cc1CCCC(N)CCC. The smallest absolute Gasteiger partial charge is 0.122 e. The molecule has 1 unspecified atom stereocenters. The molecule has 2 nitrogen and oxygen atoms in total. The third-order valence-electron chi connectivity index (χ3n) is 3.16. The van der Waals surface area contributed by atoms with E-state index in [2.05, 4.69) is 13.8 Å². The molecular weight excluding hydrogens is 258 g/mol. The minimum absolute atomic E-state index is 0.323. The summed E-state index contributed by atoms with van der Waals surface area (Å²) >= 11 is 6.06. The van der Waals surface area contributed by atoms with Gasteiger partial charge in [0.1, 0.15) is 5.75 Å². The Morgan fingerprint density at radius 1 is 1.21 bits per heavy atom. The van der Waals surface area contributed by atoms with Crippen molar-refractivity contribution < 1.29 is 4.74 Å². The van der Waals surface area contributed by atoms with Gasteiger partial charge in [0, 0.05) is 11.1 Å². The summed E-state index contributed by atoms with van der Waals surface area (Å²) in [6.45, 7) is 5.04. The lowest BCUT2D eigenvalue weighted by Gasteiger charge is -2.13. The summed E-state index contributed by atoms with van der Waals surface area (Å²) in [7, 11) is 0.